The van der Waals surface area contributed by atoms with Crippen molar-refractivity contribution in [3.8, 4) is 0 Å². The van der Waals surface area contributed by atoms with E-state index in [0.29, 0.717) is 0 Å². The van der Waals surface area contributed by atoms with E-state index in [1.807, 2.05) is 0 Å². The van der Waals surface area contributed by atoms with Gasteiger partial charge < -0.3 is 125 Å². The number of amides is 1. The zero-order valence-electron chi connectivity index (χ0n) is 31.1. The lowest BCUT2D eigenvalue weighted by molar-refractivity contribution is -0.392. The molecule has 0 aliphatic carbocycles. The van der Waals surface area contributed by atoms with Gasteiger partial charge in [0.2, 0.25) is 5.91 Å². The smallest absolute Gasteiger partial charge is 0.217 e. The molecule has 0 bridgehead atoms. The molecule has 5 aliphatic rings. The highest BCUT2D eigenvalue weighted by Gasteiger charge is 2.57. The van der Waals surface area contributed by atoms with E-state index in [-0.39, 0.29) is 0 Å². The van der Waals surface area contributed by atoms with Crippen LogP contribution in [0.2, 0.25) is 0 Å². The third kappa shape index (κ3) is 9.75. The van der Waals surface area contributed by atoms with Crippen LogP contribution in [0.5, 0.6) is 0 Å². The Kier molecular flexibility index (Phi) is 16.5. The Labute approximate surface area is 329 Å². The van der Waals surface area contributed by atoms with Gasteiger partial charge in [-0.05, 0) is 6.92 Å². The summed E-state index contributed by atoms with van der Waals surface area (Å²) in [7, 11) is 0. The Bertz CT molecular complexity index is 1310. The van der Waals surface area contributed by atoms with Gasteiger partial charge in [-0.3, -0.25) is 4.79 Å². The molecule has 5 saturated heterocycles. The highest BCUT2D eigenvalue weighted by atomic mass is 16.8. The van der Waals surface area contributed by atoms with E-state index in [1.54, 1.807) is 0 Å². The van der Waals surface area contributed by atoms with Crippen LogP contribution < -0.4 is 5.32 Å². The molecule has 58 heavy (non-hydrogen) atoms. The van der Waals surface area contributed by atoms with Gasteiger partial charge in [0, 0.05) is 6.92 Å². The van der Waals surface area contributed by atoms with Gasteiger partial charge in [0.05, 0.1) is 32.5 Å². The zero-order valence-corrected chi connectivity index (χ0v) is 31.1. The van der Waals surface area contributed by atoms with Crippen LogP contribution in [0, 0.1) is 0 Å². The summed E-state index contributed by atoms with van der Waals surface area (Å²) in [5.74, 6) is -0.801. The third-order valence-electron chi connectivity index (χ3n) is 10.7. The summed E-state index contributed by atoms with van der Waals surface area (Å²) < 4.78 is 50.8. The number of rotatable bonds is 13. The molecule has 0 aromatic rings. The van der Waals surface area contributed by atoms with Crippen LogP contribution in [0.15, 0.2) is 0 Å². The Hall–Kier alpha value is -1.49. The number of aliphatic hydroxyl groups is 15. The van der Waals surface area contributed by atoms with E-state index in [1.165, 1.54) is 6.92 Å². The molecule has 338 valence electrons. The lowest BCUT2D eigenvalue weighted by Gasteiger charge is -2.50. The first-order valence-electron chi connectivity index (χ1n) is 18.5. The normalized spacial score (nSPS) is 51.6. The first kappa shape index (κ1) is 47.6. The van der Waals surface area contributed by atoms with Gasteiger partial charge in [0.25, 0.3) is 0 Å². The largest absolute Gasteiger partial charge is 0.394 e. The summed E-state index contributed by atoms with van der Waals surface area (Å²) in [6.45, 7) is -1.34. The molecule has 0 radical (unpaired) electrons. The molecular weight excluding hydrogens is 798 g/mol. The van der Waals surface area contributed by atoms with Crippen LogP contribution in [0.25, 0.3) is 0 Å². The quantitative estimate of drug-likeness (QED) is 0.0818. The van der Waals surface area contributed by atoms with Crippen molar-refractivity contribution in [3.05, 3.63) is 0 Å². The Morgan fingerprint density at radius 1 is 0.448 bits per heavy atom. The van der Waals surface area contributed by atoms with Crippen molar-refractivity contribution >= 4 is 5.91 Å². The lowest BCUT2D eigenvalue weighted by Crippen LogP contribution is -2.70. The average Bonchev–Trinajstić information content (AvgIpc) is 3.19. The van der Waals surface area contributed by atoms with Gasteiger partial charge in [-0.1, -0.05) is 0 Å². The van der Waals surface area contributed by atoms with Crippen molar-refractivity contribution in [2.24, 2.45) is 0 Å². The van der Waals surface area contributed by atoms with Crippen LogP contribution >= 0.6 is 0 Å². The third-order valence-corrected chi connectivity index (χ3v) is 10.7. The first-order valence-corrected chi connectivity index (χ1v) is 18.5. The van der Waals surface area contributed by atoms with Crippen molar-refractivity contribution in [1.29, 1.82) is 0 Å². The molecule has 0 spiro atoms. The van der Waals surface area contributed by atoms with Gasteiger partial charge in [-0.15, -0.1) is 0 Å². The fourth-order valence-corrected chi connectivity index (χ4v) is 7.36. The number of hydrogen-bond acceptors (Lipinski definition) is 25. The van der Waals surface area contributed by atoms with Crippen LogP contribution in [0.1, 0.15) is 13.8 Å². The molecular formula is C32H55NO25. The maximum atomic E-state index is 12.5. The molecule has 0 aromatic carbocycles. The van der Waals surface area contributed by atoms with Gasteiger partial charge in [0.15, 0.2) is 31.5 Å². The van der Waals surface area contributed by atoms with Gasteiger partial charge in [-0.25, -0.2) is 0 Å². The van der Waals surface area contributed by atoms with E-state index < -0.39 is 186 Å². The van der Waals surface area contributed by atoms with Crippen LogP contribution in [0.3, 0.4) is 0 Å². The van der Waals surface area contributed by atoms with Gasteiger partial charge >= 0.3 is 0 Å². The number of ether oxygens (including phenoxy) is 9. The molecule has 25 atom stereocenters. The van der Waals surface area contributed by atoms with Crippen molar-refractivity contribution in [1.82, 2.24) is 5.32 Å². The topological polar surface area (TPSA) is 416 Å². The summed E-state index contributed by atoms with van der Waals surface area (Å²) in [6.07, 6.45) is -43.4. The summed E-state index contributed by atoms with van der Waals surface area (Å²) in [5.41, 5.74) is 0. The number of nitrogens with one attached hydrogen (secondary N) is 1. The molecule has 0 saturated carbocycles. The molecule has 5 fully saturated rings. The lowest BCUT2D eigenvalue weighted by atomic mass is 9.94. The van der Waals surface area contributed by atoms with E-state index >= 15 is 0 Å². The molecule has 26 nitrogen and oxygen atoms in total. The minimum atomic E-state index is -2.15. The summed E-state index contributed by atoms with van der Waals surface area (Å²) in [6, 6.07) is -1.67. The maximum absolute atomic E-state index is 12.5. The van der Waals surface area contributed by atoms with Gasteiger partial charge in [0.1, 0.15) is 116 Å². The molecule has 5 rings (SSSR count). The highest BCUT2D eigenvalue weighted by Crippen LogP contribution is 2.36. The fraction of sp³-hybridized carbons (Fsp3) is 0.969. The van der Waals surface area contributed by atoms with Crippen LogP contribution in [-0.4, -0.2) is 262 Å². The number of carbonyl (C=O) groups is 1. The molecule has 5 aliphatic heterocycles. The molecule has 5 heterocycles. The highest BCUT2D eigenvalue weighted by molar-refractivity contribution is 5.73. The monoisotopic (exact) mass is 853 g/mol. The predicted octanol–water partition coefficient (Wildman–Crippen LogP) is -10.8. The van der Waals surface area contributed by atoms with Crippen LogP contribution in [0.4, 0.5) is 0 Å². The molecule has 26 heteroatoms. The first-order chi connectivity index (χ1) is 27.4. The van der Waals surface area contributed by atoms with Gasteiger partial charge in [-0.2, -0.15) is 0 Å². The van der Waals surface area contributed by atoms with Crippen molar-refractivity contribution in [2.75, 3.05) is 26.4 Å². The summed E-state index contributed by atoms with van der Waals surface area (Å²) >= 11 is 0. The van der Waals surface area contributed by atoms with E-state index in [4.69, 9.17) is 42.6 Å². The standard InChI is InChI=1S/C32H55NO25/c1-7-14(39)18(43)20(45)30(50-7)58-27-22(47)28(49)51-12(6-37)24(27)55-32-23(48)26(17(42)11(5-36)54-32)57-29-13(33-8(2)38)25(16(41)10(4-35)52-29)56-31-21(46)19(44)15(40)9(3-34)53-31/h7,9-32,34-37,39-49H,3-6H2,1-2H3,(H,33,38)/t7-,9+,10+,11+,12+,13+,14+,15-,16+,17-,18+,19-,20-,21+,22+,23+,24+,25+,26-,27+,28?,29-,30+,31-,32?/m0/s1. The van der Waals surface area contributed by atoms with E-state index in [2.05, 4.69) is 5.32 Å². The number of hydrogen-bond donors (Lipinski definition) is 16. The SMILES string of the molecule is CC(=O)N[C@H]1[C@H](O[C@H]2[C@@H](O)[C@@H](CO)OC(O[C@H]3[C@H](O[C@H]4O[C@@H](C)[C@@H](O)[C@@H](O)[C@@H]4O)[C@@H](O)C(O)O[C@@H]3CO)[C@@H]2O)O[C@H](CO)[C@@H](O)[C@@H]1O[C@@H]1O[C@H](CO)[C@H](O)[C@H](O)[C@H]1O. The van der Waals surface area contributed by atoms with Crippen molar-refractivity contribution in [3.63, 3.8) is 0 Å². The average molecular weight is 854 g/mol. The van der Waals surface area contributed by atoms with Crippen molar-refractivity contribution in [2.45, 2.75) is 167 Å². The number of carbonyl (C=O) groups excluding carboxylic acids is 1. The van der Waals surface area contributed by atoms with Crippen LogP contribution in [-0.2, 0) is 47.4 Å². The Morgan fingerprint density at radius 3 is 1.43 bits per heavy atom. The second-order valence-electron chi connectivity index (χ2n) is 14.7. The second-order valence-corrected chi connectivity index (χ2v) is 14.7. The predicted molar refractivity (Wildman–Crippen MR) is 177 cm³/mol. The maximum Gasteiger partial charge on any atom is 0.217 e. The molecule has 0 aromatic heterocycles. The zero-order chi connectivity index (χ0) is 42.9. The van der Waals surface area contributed by atoms with E-state index in [0.717, 1.165) is 6.92 Å². The van der Waals surface area contributed by atoms with Crippen molar-refractivity contribution < 1.29 is 124 Å². The minimum absolute atomic E-state index is 0.801. The number of aliphatic hydroxyl groups excluding tert-OH is 15. The Morgan fingerprint density at radius 2 is 0.879 bits per heavy atom. The summed E-state index contributed by atoms with van der Waals surface area (Å²) in [4.78, 5) is 12.5. The molecule has 16 N–H and O–H groups in total. The molecule has 2 unspecified atom stereocenters. The second kappa shape index (κ2) is 20.1. The van der Waals surface area contributed by atoms with E-state index in [9.17, 15) is 81.4 Å². The molecule has 1 amide bonds. The summed E-state index contributed by atoms with van der Waals surface area (Å²) in [5, 5.41) is 160. The fourth-order valence-electron chi connectivity index (χ4n) is 7.36. The minimum Gasteiger partial charge on any atom is -0.394 e. The Balaban J connectivity index is 1.42.